The summed E-state index contributed by atoms with van der Waals surface area (Å²) >= 11 is 0. The van der Waals surface area contributed by atoms with Crippen LogP contribution in [-0.4, -0.2) is 64.1 Å². The van der Waals surface area contributed by atoms with Gasteiger partial charge in [0.2, 0.25) is 0 Å². The van der Waals surface area contributed by atoms with E-state index in [-0.39, 0.29) is 29.2 Å². The number of nitrogen functional groups attached to an aromatic ring is 1. The molecule has 1 amide bonds. The maximum atomic E-state index is 13.9. The molecule has 0 unspecified atom stereocenters. The third kappa shape index (κ3) is 6.81. The fourth-order valence-electron chi connectivity index (χ4n) is 4.06. The Kier molecular flexibility index (Phi) is 7.71. The van der Waals surface area contributed by atoms with E-state index in [4.69, 9.17) is 5.73 Å². The first-order valence-corrected chi connectivity index (χ1v) is 11.5. The molecule has 1 fully saturated rings. The van der Waals surface area contributed by atoms with Gasteiger partial charge in [0.1, 0.15) is 11.5 Å². The van der Waals surface area contributed by atoms with Crippen LogP contribution in [0.4, 0.5) is 24.7 Å². The predicted octanol–water partition coefficient (Wildman–Crippen LogP) is 3.26. The number of carbonyl (C=O) groups excluding carboxylic acids is 1. The lowest BCUT2D eigenvalue weighted by molar-refractivity contribution is -0.138. The molecule has 8 nitrogen and oxygen atoms in total. The molecule has 0 aliphatic carbocycles. The van der Waals surface area contributed by atoms with Crippen molar-refractivity contribution in [1.82, 2.24) is 25.0 Å². The molecule has 1 atom stereocenters. The van der Waals surface area contributed by atoms with E-state index in [9.17, 15) is 18.0 Å². The zero-order valence-electron chi connectivity index (χ0n) is 20.4. The highest BCUT2D eigenvalue weighted by Crippen LogP contribution is 2.35. The van der Waals surface area contributed by atoms with Gasteiger partial charge < -0.3 is 16.0 Å². The highest BCUT2D eigenvalue weighted by molar-refractivity contribution is 6.04. The zero-order valence-corrected chi connectivity index (χ0v) is 20.4. The summed E-state index contributed by atoms with van der Waals surface area (Å²) in [5.74, 6) is 5.28. The second-order valence-corrected chi connectivity index (χ2v) is 9.02. The lowest BCUT2D eigenvalue weighted by atomic mass is 10.0. The number of aromatic nitrogens is 3. The van der Waals surface area contributed by atoms with Crippen molar-refractivity contribution in [2.75, 3.05) is 38.2 Å². The van der Waals surface area contributed by atoms with Crippen LogP contribution in [0.25, 0.3) is 0 Å². The van der Waals surface area contributed by atoms with Gasteiger partial charge in [-0.15, -0.1) is 10.2 Å². The molecule has 3 heterocycles. The molecule has 2 aromatic heterocycles. The monoisotopic (exact) mass is 509 g/mol. The number of benzene rings is 1. The van der Waals surface area contributed by atoms with E-state index in [0.29, 0.717) is 23.8 Å². The van der Waals surface area contributed by atoms with Crippen molar-refractivity contribution in [3.8, 4) is 11.8 Å². The molecule has 1 aliphatic rings. The number of hydrogen-bond donors (Lipinski definition) is 2. The highest BCUT2D eigenvalue weighted by atomic mass is 19.4. The molecule has 0 bridgehead atoms. The SMILES string of the molecule is CN(C)[C@@H]1CCN(Cc2ccc(NC(=O)c3cncc(C#Cc4ccc(N)nn4)c3)cc2C(F)(F)F)C1. The number of rotatable bonds is 5. The summed E-state index contributed by atoms with van der Waals surface area (Å²) in [6.45, 7) is 1.63. The molecule has 11 heteroatoms. The summed E-state index contributed by atoms with van der Waals surface area (Å²) in [6, 6.07) is 8.86. The highest BCUT2D eigenvalue weighted by Gasteiger charge is 2.35. The number of carbonyl (C=O) groups is 1. The van der Waals surface area contributed by atoms with Crippen LogP contribution in [0.2, 0.25) is 0 Å². The van der Waals surface area contributed by atoms with Crippen LogP contribution in [0, 0.1) is 11.8 Å². The van der Waals surface area contributed by atoms with E-state index in [2.05, 4.69) is 37.2 Å². The third-order valence-corrected chi connectivity index (χ3v) is 6.07. The molecule has 37 heavy (non-hydrogen) atoms. The number of amides is 1. The molecule has 0 saturated carbocycles. The Bertz CT molecular complexity index is 1330. The van der Waals surface area contributed by atoms with Crippen LogP contribution in [-0.2, 0) is 12.7 Å². The standard InChI is InChI=1S/C26H26F3N7O/c1-35(2)22-9-10-36(16-22)15-18-4-6-21(12-23(18)26(27,28)29)32-25(37)19-11-17(13-31-14-19)3-5-20-7-8-24(30)34-33-20/h4,6-8,11-14,22H,9-10,15-16H2,1-2H3,(H2,30,34)(H,32,37)/t22-/m1/s1. The summed E-state index contributed by atoms with van der Waals surface area (Å²) in [4.78, 5) is 20.9. The molecular formula is C26H26F3N7O. The number of nitrogens with two attached hydrogens (primary N) is 1. The maximum absolute atomic E-state index is 13.9. The number of halogens is 3. The minimum Gasteiger partial charge on any atom is -0.382 e. The number of likely N-dealkylation sites (N-methyl/N-ethyl adjacent to an activating group) is 1. The van der Waals surface area contributed by atoms with E-state index in [0.717, 1.165) is 19.0 Å². The minimum atomic E-state index is -4.56. The van der Waals surface area contributed by atoms with Crippen molar-refractivity contribution >= 4 is 17.4 Å². The van der Waals surface area contributed by atoms with E-state index in [1.165, 1.54) is 30.6 Å². The van der Waals surface area contributed by atoms with Gasteiger partial charge >= 0.3 is 6.18 Å². The largest absolute Gasteiger partial charge is 0.416 e. The van der Waals surface area contributed by atoms with Crippen molar-refractivity contribution in [3.63, 3.8) is 0 Å². The number of likely N-dealkylation sites (tertiary alicyclic amines) is 1. The average molecular weight is 510 g/mol. The summed E-state index contributed by atoms with van der Waals surface area (Å²) in [6.07, 6.45) is -0.868. The Morgan fingerprint density at radius 2 is 1.97 bits per heavy atom. The van der Waals surface area contributed by atoms with E-state index >= 15 is 0 Å². The normalized spacial score (nSPS) is 15.9. The van der Waals surface area contributed by atoms with Crippen molar-refractivity contribution in [3.05, 3.63) is 76.7 Å². The Balaban J connectivity index is 1.49. The van der Waals surface area contributed by atoms with Gasteiger partial charge in [0, 0.05) is 49.3 Å². The average Bonchev–Trinajstić information content (AvgIpc) is 3.33. The lowest BCUT2D eigenvalue weighted by Gasteiger charge is -2.22. The van der Waals surface area contributed by atoms with Gasteiger partial charge in [-0.2, -0.15) is 13.2 Å². The van der Waals surface area contributed by atoms with Crippen molar-refractivity contribution in [1.29, 1.82) is 0 Å². The van der Waals surface area contributed by atoms with Gasteiger partial charge in [0.05, 0.1) is 11.1 Å². The zero-order chi connectivity index (χ0) is 26.6. The van der Waals surface area contributed by atoms with Gasteiger partial charge in [-0.1, -0.05) is 12.0 Å². The van der Waals surface area contributed by atoms with E-state index < -0.39 is 17.6 Å². The summed E-state index contributed by atoms with van der Waals surface area (Å²) in [5.41, 5.74) is 5.92. The molecular weight excluding hydrogens is 483 g/mol. The van der Waals surface area contributed by atoms with Gasteiger partial charge in [-0.3, -0.25) is 14.7 Å². The molecule has 1 aromatic carbocycles. The van der Waals surface area contributed by atoms with Crippen LogP contribution in [0.3, 0.4) is 0 Å². The summed E-state index contributed by atoms with van der Waals surface area (Å²) in [7, 11) is 3.94. The van der Waals surface area contributed by atoms with Crippen molar-refractivity contribution < 1.29 is 18.0 Å². The topological polar surface area (TPSA) is 100 Å². The second-order valence-electron chi connectivity index (χ2n) is 9.02. The van der Waals surface area contributed by atoms with Crippen LogP contribution in [0.15, 0.2) is 48.8 Å². The molecule has 1 aliphatic heterocycles. The lowest BCUT2D eigenvalue weighted by Crippen LogP contribution is -2.31. The maximum Gasteiger partial charge on any atom is 0.416 e. The van der Waals surface area contributed by atoms with Gasteiger partial charge in [0.25, 0.3) is 5.91 Å². The van der Waals surface area contributed by atoms with Crippen LogP contribution in [0.1, 0.15) is 39.2 Å². The fraction of sp³-hybridized carbons (Fsp3) is 0.308. The van der Waals surface area contributed by atoms with Crippen LogP contribution in [0.5, 0.6) is 0 Å². The van der Waals surface area contributed by atoms with Gasteiger partial charge in [-0.05, 0) is 62.3 Å². The Morgan fingerprint density at radius 3 is 2.65 bits per heavy atom. The Labute approximate surface area is 212 Å². The predicted molar refractivity (Wildman–Crippen MR) is 133 cm³/mol. The van der Waals surface area contributed by atoms with Crippen molar-refractivity contribution in [2.45, 2.75) is 25.2 Å². The molecule has 0 radical (unpaired) electrons. The summed E-state index contributed by atoms with van der Waals surface area (Å²) in [5, 5.41) is 10.1. The Hall–Kier alpha value is -4.01. The second kappa shape index (κ2) is 10.9. The van der Waals surface area contributed by atoms with Gasteiger partial charge in [0.15, 0.2) is 0 Å². The molecule has 0 spiro atoms. The molecule has 4 rings (SSSR count). The number of nitrogens with one attached hydrogen (secondary N) is 1. The van der Waals surface area contributed by atoms with Crippen molar-refractivity contribution in [2.24, 2.45) is 0 Å². The molecule has 3 N–H and O–H groups in total. The number of nitrogens with zero attached hydrogens (tertiary/aromatic N) is 5. The Morgan fingerprint density at radius 1 is 1.16 bits per heavy atom. The van der Waals surface area contributed by atoms with E-state index in [1.54, 1.807) is 12.1 Å². The van der Waals surface area contributed by atoms with Crippen LogP contribution < -0.4 is 11.1 Å². The first-order valence-electron chi connectivity index (χ1n) is 11.5. The minimum absolute atomic E-state index is 0.0438. The fourth-order valence-corrected chi connectivity index (χ4v) is 4.06. The number of anilines is 2. The number of hydrogen-bond acceptors (Lipinski definition) is 7. The molecule has 3 aromatic rings. The third-order valence-electron chi connectivity index (χ3n) is 6.07. The first kappa shape index (κ1) is 26.1. The molecule has 1 saturated heterocycles. The number of alkyl halides is 3. The van der Waals surface area contributed by atoms with Crippen LogP contribution >= 0.6 is 0 Å². The number of pyridine rings is 1. The first-order chi connectivity index (χ1) is 17.6. The smallest absolute Gasteiger partial charge is 0.382 e. The van der Waals surface area contributed by atoms with Gasteiger partial charge in [-0.25, -0.2) is 0 Å². The quantitative estimate of drug-likeness (QED) is 0.510. The van der Waals surface area contributed by atoms with E-state index in [1.807, 2.05) is 19.0 Å². The summed E-state index contributed by atoms with van der Waals surface area (Å²) < 4.78 is 41.7. The molecule has 192 valence electrons.